The molecule has 0 unspecified atom stereocenters. The minimum atomic E-state index is 0.677. The molecule has 6 rings (SSSR count). The molecule has 0 N–H and O–H groups in total. The summed E-state index contributed by atoms with van der Waals surface area (Å²) in [6, 6.07) is 34.6. The second-order valence-electron chi connectivity index (χ2n) is 7.62. The van der Waals surface area contributed by atoms with Gasteiger partial charge in [0.1, 0.15) is 11.2 Å². The largest absolute Gasteiger partial charge is 0.455 e. The van der Waals surface area contributed by atoms with Gasteiger partial charge in [0.25, 0.3) is 0 Å². The summed E-state index contributed by atoms with van der Waals surface area (Å²) in [5, 5.41) is 2.19. The van der Waals surface area contributed by atoms with Gasteiger partial charge in [0.05, 0.1) is 11.4 Å². The van der Waals surface area contributed by atoms with Crippen LogP contribution in [-0.4, -0.2) is 9.97 Å². The van der Waals surface area contributed by atoms with Gasteiger partial charge in [-0.05, 0) is 30.3 Å². The Morgan fingerprint density at radius 1 is 0.594 bits per heavy atom. The van der Waals surface area contributed by atoms with Crippen LogP contribution in [0.15, 0.2) is 112 Å². The summed E-state index contributed by atoms with van der Waals surface area (Å²) in [4.78, 5) is 9.87. The van der Waals surface area contributed by atoms with E-state index >= 15 is 0 Å². The van der Waals surface area contributed by atoms with Crippen LogP contribution in [0.3, 0.4) is 0 Å². The average Bonchev–Trinajstić information content (AvgIpc) is 3.23. The van der Waals surface area contributed by atoms with E-state index in [9.17, 15) is 0 Å². The third kappa shape index (κ3) is 3.29. The number of rotatable bonds is 3. The number of fused-ring (bicyclic) bond motifs is 3. The fourth-order valence-corrected chi connectivity index (χ4v) is 4.45. The van der Waals surface area contributed by atoms with E-state index in [1.165, 1.54) is 0 Å². The first-order chi connectivity index (χ1) is 15.8. The lowest BCUT2D eigenvalue weighted by molar-refractivity contribution is 0.670. The van der Waals surface area contributed by atoms with Gasteiger partial charge in [-0.25, -0.2) is 9.97 Å². The van der Waals surface area contributed by atoms with Gasteiger partial charge in [-0.3, -0.25) is 0 Å². The summed E-state index contributed by atoms with van der Waals surface area (Å²) >= 11 is 3.57. The molecule has 2 heterocycles. The minimum Gasteiger partial charge on any atom is -0.455 e. The first-order valence-corrected chi connectivity index (χ1v) is 11.2. The maximum Gasteiger partial charge on any atom is 0.160 e. The van der Waals surface area contributed by atoms with Gasteiger partial charge in [0.15, 0.2) is 5.82 Å². The van der Waals surface area contributed by atoms with Gasteiger partial charge in [-0.2, -0.15) is 0 Å². The first-order valence-electron chi connectivity index (χ1n) is 10.4. The summed E-state index contributed by atoms with van der Waals surface area (Å²) in [6.45, 7) is 0. The zero-order valence-corrected chi connectivity index (χ0v) is 18.6. The molecule has 0 atom stereocenters. The highest BCUT2D eigenvalue weighted by atomic mass is 79.9. The quantitative estimate of drug-likeness (QED) is 0.258. The Balaban J connectivity index is 1.63. The van der Waals surface area contributed by atoms with Gasteiger partial charge in [-0.15, -0.1) is 0 Å². The Morgan fingerprint density at radius 2 is 1.31 bits per heavy atom. The molecule has 0 saturated carbocycles. The van der Waals surface area contributed by atoms with Gasteiger partial charge < -0.3 is 4.42 Å². The monoisotopic (exact) mass is 476 g/mol. The Hall–Kier alpha value is -3.76. The number of hydrogen-bond donors (Lipinski definition) is 0. The van der Waals surface area contributed by atoms with E-state index in [-0.39, 0.29) is 0 Å². The van der Waals surface area contributed by atoms with E-state index in [1.807, 2.05) is 66.7 Å². The van der Waals surface area contributed by atoms with E-state index in [0.29, 0.717) is 5.82 Å². The summed E-state index contributed by atoms with van der Waals surface area (Å²) in [6.07, 6.45) is 0. The van der Waals surface area contributed by atoms with Crippen molar-refractivity contribution in [2.24, 2.45) is 0 Å². The number of hydrogen-bond acceptors (Lipinski definition) is 3. The van der Waals surface area contributed by atoms with Crippen LogP contribution in [0.4, 0.5) is 0 Å². The summed E-state index contributed by atoms with van der Waals surface area (Å²) in [5.41, 5.74) is 6.37. The van der Waals surface area contributed by atoms with Crippen molar-refractivity contribution in [3.05, 3.63) is 108 Å². The lowest BCUT2D eigenvalue weighted by Crippen LogP contribution is -1.96. The summed E-state index contributed by atoms with van der Waals surface area (Å²) in [7, 11) is 0. The van der Waals surface area contributed by atoms with Crippen molar-refractivity contribution in [3.8, 4) is 33.9 Å². The smallest absolute Gasteiger partial charge is 0.160 e. The maximum atomic E-state index is 6.28. The predicted molar refractivity (Wildman–Crippen MR) is 133 cm³/mol. The molecule has 0 radical (unpaired) electrons. The highest BCUT2D eigenvalue weighted by molar-refractivity contribution is 9.10. The number of furan rings is 1. The van der Waals surface area contributed by atoms with Crippen LogP contribution in [0.5, 0.6) is 0 Å². The lowest BCUT2D eigenvalue weighted by Gasteiger charge is -2.10. The molecule has 0 amide bonds. The second-order valence-corrected chi connectivity index (χ2v) is 8.53. The molecule has 3 nitrogen and oxygen atoms in total. The molecule has 152 valence electrons. The highest BCUT2D eigenvalue weighted by Gasteiger charge is 2.16. The van der Waals surface area contributed by atoms with Gasteiger partial charge in [0, 0.05) is 31.9 Å². The van der Waals surface area contributed by atoms with Crippen molar-refractivity contribution in [2.75, 3.05) is 0 Å². The molecule has 0 spiro atoms. The molecule has 6 aromatic rings. The maximum absolute atomic E-state index is 6.28. The molecule has 4 heteroatoms. The van der Waals surface area contributed by atoms with Crippen LogP contribution in [0, 0.1) is 0 Å². The van der Waals surface area contributed by atoms with Crippen molar-refractivity contribution in [1.29, 1.82) is 0 Å². The Labute approximate surface area is 193 Å². The van der Waals surface area contributed by atoms with Crippen LogP contribution >= 0.6 is 15.9 Å². The zero-order chi connectivity index (χ0) is 21.5. The van der Waals surface area contributed by atoms with Crippen LogP contribution in [0.1, 0.15) is 0 Å². The van der Waals surface area contributed by atoms with Crippen molar-refractivity contribution < 1.29 is 4.42 Å². The van der Waals surface area contributed by atoms with Crippen LogP contribution in [0.25, 0.3) is 55.8 Å². The molecule has 0 aliphatic heterocycles. The van der Waals surface area contributed by atoms with Crippen molar-refractivity contribution in [3.63, 3.8) is 0 Å². The Kier molecular flexibility index (Phi) is 4.58. The number of aromatic nitrogens is 2. The molecule has 0 fully saturated rings. The second kappa shape index (κ2) is 7.74. The van der Waals surface area contributed by atoms with E-state index in [2.05, 4.69) is 52.3 Å². The standard InChI is InChI=1S/C28H17BrN2O/c29-20-11-6-10-19(16-20)28-30-24(18-8-2-1-3-9-18)17-25(31-28)23-14-7-13-22-21-12-4-5-15-26(21)32-27(22)23/h1-17H. The molecule has 4 aromatic carbocycles. The molecule has 0 aliphatic rings. The van der Waals surface area contributed by atoms with Gasteiger partial charge in [0.2, 0.25) is 0 Å². The summed E-state index contributed by atoms with van der Waals surface area (Å²) < 4.78 is 7.27. The van der Waals surface area contributed by atoms with E-state index in [1.54, 1.807) is 0 Å². The van der Waals surface area contributed by atoms with E-state index in [4.69, 9.17) is 14.4 Å². The minimum absolute atomic E-state index is 0.677. The number of benzene rings is 4. The molecule has 32 heavy (non-hydrogen) atoms. The average molecular weight is 477 g/mol. The molecule has 0 aliphatic carbocycles. The zero-order valence-electron chi connectivity index (χ0n) is 17.0. The van der Waals surface area contributed by atoms with Crippen LogP contribution in [0.2, 0.25) is 0 Å². The first kappa shape index (κ1) is 19.0. The number of nitrogens with zero attached hydrogens (tertiary/aromatic N) is 2. The van der Waals surface area contributed by atoms with Crippen LogP contribution in [-0.2, 0) is 0 Å². The normalized spacial score (nSPS) is 11.3. The Morgan fingerprint density at radius 3 is 2.19 bits per heavy atom. The highest BCUT2D eigenvalue weighted by Crippen LogP contribution is 2.36. The third-order valence-electron chi connectivity index (χ3n) is 5.56. The van der Waals surface area contributed by atoms with E-state index in [0.717, 1.165) is 54.5 Å². The SMILES string of the molecule is Brc1cccc(-c2nc(-c3ccccc3)cc(-c3cccc4c3oc3ccccc34)n2)c1. The lowest BCUT2D eigenvalue weighted by atomic mass is 10.0. The molecule has 0 saturated heterocycles. The molecular formula is C28H17BrN2O. The van der Waals surface area contributed by atoms with Gasteiger partial charge >= 0.3 is 0 Å². The number of para-hydroxylation sites is 2. The summed E-state index contributed by atoms with van der Waals surface area (Å²) in [5.74, 6) is 0.677. The molecular weight excluding hydrogens is 460 g/mol. The van der Waals surface area contributed by atoms with Crippen molar-refractivity contribution >= 4 is 37.9 Å². The predicted octanol–water partition coefficient (Wildman–Crippen LogP) is 8.14. The van der Waals surface area contributed by atoms with Gasteiger partial charge in [-0.1, -0.05) is 88.7 Å². The van der Waals surface area contributed by atoms with E-state index < -0.39 is 0 Å². The Bertz CT molecular complexity index is 1590. The van der Waals surface area contributed by atoms with Crippen molar-refractivity contribution in [2.45, 2.75) is 0 Å². The fraction of sp³-hybridized carbons (Fsp3) is 0. The topological polar surface area (TPSA) is 38.9 Å². The third-order valence-corrected chi connectivity index (χ3v) is 6.05. The molecule has 0 bridgehead atoms. The molecule has 2 aromatic heterocycles. The van der Waals surface area contributed by atoms with Crippen LogP contribution < -0.4 is 0 Å². The van der Waals surface area contributed by atoms with Crippen molar-refractivity contribution in [1.82, 2.24) is 9.97 Å². The number of halogens is 1. The fourth-order valence-electron chi connectivity index (χ4n) is 4.05.